The maximum atomic E-state index is 11.8. The summed E-state index contributed by atoms with van der Waals surface area (Å²) in [6.07, 6.45) is 0.985. The predicted molar refractivity (Wildman–Crippen MR) is 66.0 cm³/mol. The van der Waals surface area contributed by atoms with E-state index in [2.05, 4.69) is 15.6 Å². The van der Waals surface area contributed by atoms with Gasteiger partial charge in [0.05, 0.1) is 6.20 Å². The van der Waals surface area contributed by atoms with Crippen molar-refractivity contribution in [1.82, 2.24) is 20.5 Å². The fourth-order valence-corrected chi connectivity index (χ4v) is 2.23. The molecule has 7 nitrogen and oxygen atoms in total. The second-order valence-corrected chi connectivity index (χ2v) is 4.66. The summed E-state index contributed by atoms with van der Waals surface area (Å²) in [5.74, 6) is -0.288. The molecular formula is C10H14N4O3S. The summed E-state index contributed by atoms with van der Waals surface area (Å²) in [6.45, 7) is 2.78. The molecule has 0 atom stereocenters. The first kappa shape index (κ1) is 12.8. The number of amides is 2. The second-order valence-electron chi connectivity index (χ2n) is 3.67. The fraction of sp³-hybridized carbons (Fsp3) is 0.500. The van der Waals surface area contributed by atoms with Crippen molar-refractivity contribution in [2.24, 2.45) is 0 Å². The Labute approximate surface area is 108 Å². The Morgan fingerprint density at radius 1 is 1.50 bits per heavy atom. The third kappa shape index (κ3) is 2.96. The third-order valence-corrected chi connectivity index (χ3v) is 3.34. The number of aromatic nitrogens is 1. The van der Waals surface area contributed by atoms with Crippen LogP contribution in [0.2, 0.25) is 0 Å². The molecule has 0 bridgehead atoms. The van der Waals surface area contributed by atoms with Crippen LogP contribution in [0.5, 0.6) is 5.06 Å². The Morgan fingerprint density at radius 2 is 2.22 bits per heavy atom. The highest BCUT2D eigenvalue weighted by molar-refractivity contribution is 7.15. The normalized spacial score (nSPS) is 15.3. The number of piperazine rings is 1. The minimum atomic E-state index is -0.399. The molecule has 2 rings (SSSR count). The maximum Gasteiger partial charge on any atom is 0.416 e. The van der Waals surface area contributed by atoms with Crippen LogP contribution in [0, 0.1) is 0 Å². The largest absolute Gasteiger partial charge is 0.416 e. The van der Waals surface area contributed by atoms with E-state index < -0.39 is 6.09 Å². The molecule has 0 unspecified atom stereocenters. The summed E-state index contributed by atoms with van der Waals surface area (Å²) in [7, 11) is 1.52. The minimum absolute atomic E-state index is 0.278. The van der Waals surface area contributed by atoms with Crippen molar-refractivity contribution in [3.8, 4) is 5.06 Å². The number of nitrogens with one attached hydrogen (secondary N) is 2. The highest BCUT2D eigenvalue weighted by Gasteiger charge is 2.19. The summed E-state index contributed by atoms with van der Waals surface area (Å²) in [5, 5.41) is 6.22. The number of carbonyl (C=O) groups is 2. The molecule has 8 heteroatoms. The first-order chi connectivity index (χ1) is 8.70. The van der Waals surface area contributed by atoms with E-state index in [0.717, 1.165) is 24.4 Å². The number of rotatable bonds is 2. The Bertz CT molecular complexity index is 442. The van der Waals surface area contributed by atoms with Crippen molar-refractivity contribution in [3.05, 3.63) is 11.2 Å². The van der Waals surface area contributed by atoms with Crippen LogP contribution in [0.15, 0.2) is 6.20 Å². The van der Waals surface area contributed by atoms with Gasteiger partial charge in [-0.3, -0.25) is 4.79 Å². The van der Waals surface area contributed by atoms with Crippen molar-refractivity contribution < 1.29 is 14.3 Å². The zero-order valence-electron chi connectivity index (χ0n) is 9.93. The topological polar surface area (TPSA) is 83.6 Å². The molecule has 0 aliphatic carbocycles. The van der Waals surface area contributed by atoms with Crippen molar-refractivity contribution >= 4 is 23.3 Å². The van der Waals surface area contributed by atoms with Gasteiger partial charge in [0, 0.05) is 33.2 Å². The Kier molecular flexibility index (Phi) is 4.11. The minimum Gasteiger partial charge on any atom is -0.397 e. The van der Waals surface area contributed by atoms with E-state index in [4.69, 9.17) is 4.74 Å². The van der Waals surface area contributed by atoms with Crippen LogP contribution in [0.25, 0.3) is 0 Å². The van der Waals surface area contributed by atoms with Crippen LogP contribution < -0.4 is 15.4 Å². The van der Waals surface area contributed by atoms with Crippen LogP contribution in [-0.2, 0) is 0 Å². The van der Waals surface area contributed by atoms with Gasteiger partial charge in [-0.2, -0.15) is 0 Å². The monoisotopic (exact) mass is 270 g/mol. The Hall–Kier alpha value is -1.67. The number of nitrogens with zero attached hydrogens (tertiary/aromatic N) is 2. The molecule has 1 saturated heterocycles. The van der Waals surface area contributed by atoms with Gasteiger partial charge < -0.3 is 20.3 Å². The average Bonchev–Trinajstić information content (AvgIpc) is 2.87. The molecule has 1 aromatic heterocycles. The summed E-state index contributed by atoms with van der Waals surface area (Å²) in [4.78, 5) is 28.6. The van der Waals surface area contributed by atoms with E-state index in [9.17, 15) is 9.59 Å². The zero-order valence-corrected chi connectivity index (χ0v) is 10.7. The van der Waals surface area contributed by atoms with Gasteiger partial charge in [-0.15, -0.1) is 0 Å². The van der Waals surface area contributed by atoms with Gasteiger partial charge in [-0.25, -0.2) is 9.78 Å². The van der Waals surface area contributed by atoms with Gasteiger partial charge in [-0.05, 0) is 0 Å². The smallest absolute Gasteiger partial charge is 0.397 e. The standard InChI is InChI=1S/C10H14N4O3S/c1-11-8(15)9-13-6-7(18-9)17-10(16)14-4-2-12-3-5-14/h6,12H,2-5H2,1H3,(H,11,15). The van der Waals surface area contributed by atoms with E-state index in [1.165, 1.54) is 13.2 Å². The molecule has 1 fully saturated rings. The molecule has 0 spiro atoms. The lowest BCUT2D eigenvalue weighted by atomic mass is 10.4. The first-order valence-electron chi connectivity index (χ1n) is 5.56. The molecule has 0 saturated carbocycles. The maximum absolute atomic E-state index is 11.8. The molecule has 2 amide bonds. The van der Waals surface area contributed by atoms with Crippen LogP contribution in [0.3, 0.4) is 0 Å². The van der Waals surface area contributed by atoms with Gasteiger partial charge in [-0.1, -0.05) is 11.3 Å². The van der Waals surface area contributed by atoms with E-state index >= 15 is 0 Å². The van der Waals surface area contributed by atoms with Gasteiger partial charge in [0.25, 0.3) is 5.91 Å². The van der Waals surface area contributed by atoms with E-state index in [-0.39, 0.29) is 10.9 Å². The van der Waals surface area contributed by atoms with Crippen molar-refractivity contribution in [2.45, 2.75) is 0 Å². The highest BCUT2D eigenvalue weighted by atomic mass is 32.1. The number of carbonyl (C=O) groups excluding carboxylic acids is 2. The van der Waals surface area contributed by atoms with Gasteiger partial charge in [0.1, 0.15) is 0 Å². The Balaban J connectivity index is 1.94. The van der Waals surface area contributed by atoms with Crippen LogP contribution in [0.4, 0.5) is 4.79 Å². The molecule has 0 aromatic carbocycles. The number of ether oxygens (including phenoxy) is 1. The summed E-state index contributed by atoms with van der Waals surface area (Å²) >= 11 is 1.05. The number of hydrogen-bond acceptors (Lipinski definition) is 6. The van der Waals surface area contributed by atoms with E-state index in [1.807, 2.05) is 0 Å². The van der Waals surface area contributed by atoms with E-state index in [0.29, 0.717) is 18.2 Å². The quantitative estimate of drug-likeness (QED) is 0.784. The fourth-order valence-electron chi connectivity index (χ4n) is 1.52. The van der Waals surface area contributed by atoms with Gasteiger partial charge in [0.2, 0.25) is 5.06 Å². The van der Waals surface area contributed by atoms with Crippen molar-refractivity contribution in [1.29, 1.82) is 0 Å². The van der Waals surface area contributed by atoms with Crippen LogP contribution in [0.1, 0.15) is 9.80 Å². The Morgan fingerprint density at radius 3 is 2.89 bits per heavy atom. The molecule has 18 heavy (non-hydrogen) atoms. The highest BCUT2D eigenvalue weighted by Crippen LogP contribution is 2.22. The molecular weight excluding hydrogens is 256 g/mol. The van der Waals surface area contributed by atoms with Crippen molar-refractivity contribution in [2.75, 3.05) is 33.2 Å². The summed E-state index contributed by atoms with van der Waals surface area (Å²) in [6, 6.07) is 0. The SMILES string of the molecule is CNC(=O)c1ncc(OC(=O)N2CCNCC2)s1. The zero-order chi connectivity index (χ0) is 13.0. The number of hydrogen-bond donors (Lipinski definition) is 2. The lowest BCUT2D eigenvalue weighted by Gasteiger charge is -2.25. The average molecular weight is 270 g/mol. The predicted octanol–water partition coefficient (Wildman–Crippen LogP) is -0.0933. The molecule has 2 N–H and O–H groups in total. The molecule has 1 aliphatic rings. The number of thiazole rings is 1. The lowest BCUT2D eigenvalue weighted by molar-refractivity contribution is 0.0962. The van der Waals surface area contributed by atoms with Crippen molar-refractivity contribution in [3.63, 3.8) is 0 Å². The lowest BCUT2D eigenvalue weighted by Crippen LogP contribution is -2.47. The third-order valence-electron chi connectivity index (χ3n) is 2.47. The van der Waals surface area contributed by atoms with Gasteiger partial charge in [0.15, 0.2) is 5.01 Å². The molecule has 2 heterocycles. The molecule has 0 radical (unpaired) electrons. The van der Waals surface area contributed by atoms with E-state index in [1.54, 1.807) is 4.90 Å². The summed E-state index contributed by atoms with van der Waals surface area (Å²) in [5.41, 5.74) is 0. The first-order valence-corrected chi connectivity index (χ1v) is 6.37. The molecule has 1 aromatic rings. The molecule has 1 aliphatic heterocycles. The van der Waals surface area contributed by atoms with Crippen LogP contribution in [-0.4, -0.2) is 55.1 Å². The second kappa shape index (κ2) is 5.78. The summed E-state index contributed by atoms with van der Waals surface area (Å²) < 4.78 is 5.16. The van der Waals surface area contributed by atoms with Crippen LogP contribution >= 0.6 is 11.3 Å². The molecule has 98 valence electrons. The van der Waals surface area contributed by atoms with Gasteiger partial charge >= 0.3 is 6.09 Å².